The predicted octanol–water partition coefficient (Wildman–Crippen LogP) is 9.39. The molecule has 47 heavy (non-hydrogen) atoms. The van der Waals surface area contributed by atoms with Gasteiger partial charge in [-0.25, -0.2) is 8.42 Å². The molecule has 3 saturated carbocycles. The van der Waals surface area contributed by atoms with E-state index in [-0.39, 0.29) is 35.5 Å². The standard InChI is InChI=1S/C36H34Cl3NO6S/c1-20-15-23(20)18-45-33(41)13-14-47(42,43)25-10-7-21(8-11-25)27-17-28(27)26-12-9-24(16-32(26)39)44-19-29-35(40-46-36(29)22-5-6-22)34-30(37)3-2-4-31(34)38/h2-4,7-12,16,20,22-23,27-28H,5-6,13-15,17-19H2,1H3/t20?,23-,27?,28?/m1/s1. The van der Waals surface area contributed by atoms with Crippen LogP contribution in [0, 0.1) is 11.8 Å². The lowest BCUT2D eigenvalue weighted by molar-refractivity contribution is -0.143. The van der Waals surface area contributed by atoms with Gasteiger partial charge in [-0.1, -0.05) is 71.1 Å². The van der Waals surface area contributed by atoms with Crippen molar-refractivity contribution in [1.29, 1.82) is 0 Å². The fourth-order valence-electron chi connectivity index (χ4n) is 6.17. The van der Waals surface area contributed by atoms with E-state index in [0.717, 1.165) is 48.1 Å². The van der Waals surface area contributed by atoms with E-state index in [0.29, 0.717) is 56.4 Å². The Labute approximate surface area is 289 Å². The number of nitrogens with zero attached hydrogens (tertiary/aromatic N) is 1. The Morgan fingerprint density at radius 1 is 0.957 bits per heavy atom. The highest BCUT2D eigenvalue weighted by molar-refractivity contribution is 7.91. The van der Waals surface area contributed by atoms with Crippen molar-refractivity contribution in [3.05, 3.63) is 98.2 Å². The molecule has 0 amide bonds. The third-order valence-electron chi connectivity index (χ3n) is 9.49. The molecule has 7 nitrogen and oxygen atoms in total. The van der Waals surface area contributed by atoms with Crippen LogP contribution in [0.2, 0.25) is 15.1 Å². The van der Waals surface area contributed by atoms with Crippen molar-refractivity contribution in [3.63, 3.8) is 0 Å². The quantitative estimate of drug-likeness (QED) is 0.127. The molecule has 0 bridgehead atoms. The number of hydrogen-bond donors (Lipinski definition) is 0. The van der Waals surface area contributed by atoms with Gasteiger partial charge in [-0.3, -0.25) is 4.79 Å². The summed E-state index contributed by atoms with van der Waals surface area (Å²) in [6.45, 7) is 2.71. The van der Waals surface area contributed by atoms with Gasteiger partial charge in [0.05, 0.1) is 39.3 Å². The van der Waals surface area contributed by atoms with Crippen LogP contribution >= 0.6 is 34.8 Å². The van der Waals surface area contributed by atoms with E-state index in [9.17, 15) is 13.2 Å². The first-order valence-corrected chi connectivity index (χ1v) is 18.7. The van der Waals surface area contributed by atoms with E-state index >= 15 is 0 Å². The molecule has 3 fully saturated rings. The molecule has 0 radical (unpaired) electrons. The molecule has 1 heterocycles. The van der Waals surface area contributed by atoms with Gasteiger partial charge in [0.2, 0.25) is 0 Å². The molecule has 0 aliphatic heterocycles. The van der Waals surface area contributed by atoms with Crippen molar-refractivity contribution in [2.24, 2.45) is 11.8 Å². The average molecular weight is 715 g/mol. The summed E-state index contributed by atoms with van der Waals surface area (Å²) in [5, 5.41) is 5.93. The van der Waals surface area contributed by atoms with Crippen molar-refractivity contribution in [1.82, 2.24) is 5.16 Å². The van der Waals surface area contributed by atoms with E-state index < -0.39 is 15.8 Å². The van der Waals surface area contributed by atoms with Gasteiger partial charge >= 0.3 is 5.97 Å². The first-order valence-electron chi connectivity index (χ1n) is 15.9. The fraction of sp³-hybridized carbons (Fsp3) is 0.389. The predicted molar refractivity (Wildman–Crippen MR) is 181 cm³/mol. The first kappa shape index (κ1) is 32.5. The molecule has 0 spiro atoms. The second kappa shape index (κ2) is 13.1. The maximum atomic E-state index is 12.8. The summed E-state index contributed by atoms with van der Waals surface area (Å²) in [4.78, 5) is 12.2. The zero-order valence-corrected chi connectivity index (χ0v) is 28.8. The van der Waals surface area contributed by atoms with Crippen molar-refractivity contribution >= 4 is 50.6 Å². The molecule has 7 rings (SSSR count). The minimum Gasteiger partial charge on any atom is -0.489 e. The highest BCUT2D eigenvalue weighted by atomic mass is 35.5. The summed E-state index contributed by atoms with van der Waals surface area (Å²) in [6, 6.07) is 18.0. The summed E-state index contributed by atoms with van der Waals surface area (Å²) in [5.74, 6) is 2.45. The van der Waals surface area contributed by atoms with Gasteiger partial charge in [0.1, 0.15) is 23.8 Å². The molecule has 0 N–H and O–H groups in total. The van der Waals surface area contributed by atoms with Crippen LogP contribution in [0.3, 0.4) is 0 Å². The molecule has 3 aromatic carbocycles. The normalized spacial score (nSPS) is 21.8. The van der Waals surface area contributed by atoms with Gasteiger partial charge in [-0.05, 0) is 96.9 Å². The average Bonchev–Trinajstić information content (AvgIpc) is 3.97. The number of halogens is 3. The highest BCUT2D eigenvalue weighted by Gasteiger charge is 2.41. The second-order valence-corrected chi connectivity index (χ2v) is 16.3. The van der Waals surface area contributed by atoms with Crippen LogP contribution in [-0.2, 0) is 26.0 Å². The van der Waals surface area contributed by atoms with Crippen LogP contribution in [0.5, 0.6) is 5.75 Å². The van der Waals surface area contributed by atoms with Crippen LogP contribution in [0.25, 0.3) is 11.3 Å². The molecule has 3 unspecified atom stereocenters. The SMILES string of the molecule is CC1C[C@@H]1COC(=O)CCS(=O)(=O)c1ccc(C2CC2c2ccc(OCc3c(-c4c(Cl)cccc4Cl)noc3C3CC3)cc2Cl)cc1. The lowest BCUT2D eigenvalue weighted by atomic mass is 10.0. The number of esters is 1. The molecule has 246 valence electrons. The maximum absolute atomic E-state index is 12.8. The first-order chi connectivity index (χ1) is 22.6. The third kappa shape index (κ3) is 7.21. The van der Waals surface area contributed by atoms with Gasteiger partial charge in [0.25, 0.3) is 0 Å². The second-order valence-electron chi connectivity index (χ2n) is 13.0. The maximum Gasteiger partial charge on any atom is 0.306 e. The lowest BCUT2D eigenvalue weighted by Crippen LogP contribution is -2.14. The number of rotatable bonds is 13. The summed E-state index contributed by atoms with van der Waals surface area (Å²) in [5.41, 5.74) is 4.12. The van der Waals surface area contributed by atoms with Crippen molar-refractivity contribution in [2.45, 2.75) is 68.3 Å². The van der Waals surface area contributed by atoms with Crippen LogP contribution in [0.4, 0.5) is 0 Å². The lowest BCUT2D eigenvalue weighted by Gasteiger charge is -2.11. The molecule has 4 aromatic rings. The van der Waals surface area contributed by atoms with Crippen LogP contribution in [0.1, 0.15) is 79.2 Å². The van der Waals surface area contributed by atoms with E-state index in [4.69, 9.17) is 48.8 Å². The zero-order valence-electron chi connectivity index (χ0n) is 25.8. The highest BCUT2D eigenvalue weighted by Crippen LogP contribution is 2.56. The molecule has 1 aromatic heterocycles. The van der Waals surface area contributed by atoms with Gasteiger partial charge in [-0.2, -0.15) is 0 Å². The van der Waals surface area contributed by atoms with E-state index in [1.165, 1.54) is 0 Å². The number of carbonyl (C=O) groups excluding carboxylic acids is 1. The van der Waals surface area contributed by atoms with Crippen molar-refractivity contribution in [3.8, 4) is 17.0 Å². The Morgan fingerprint density at radius 3 is 2.34 bits per heavy atom. The number of carbonyl (C=O) groups is 1. The Bertz CT molecular complexity index is 1900. The van der Waals surface area contributed by atoms with E-state index in [1.807, 2.05) is 30.3 Å². The van der Waals surface area contributed by atoms with Gasteiger partial charge in [-0.15, -0.1) is 0 Å². The van der Waals surface area contributed by atoms with E-state index in [2.05, 4.69) is 12.1 Å². The topological polar surface area (TPSA) is 95.7 Å². The Hall–Kier alpha value is -3.04. The minimum absolute atomic E-state index is 0.147. The Morgan fingerprint density at radius 2 is 1.68 bits per heavy atom. The number of sulfone groups is 1. The van der Waals surface area contributed by atoms with Gasteiger partial charge < -0.3 is 14.0 Å². The van der Waals surface area contributed by atoms with Crippen LogP contribution in [0.15, 0.2) is 70.1 Å². The van der Waals surface area contributed by atoms with Crippen LogP contribution < -0.4 is 4.74 Å². The number of aromatic nitrogens is 1. The third-order valence-corrected chi connectivity index (χ3v) is 12.2. The summed E-state index contributed by atoms with van der Waals surface area (Å²) < 4.78 is 42.9. The number of benzene rings is 3. The zero-order chi connectivity index (χ0) is 32.9. The van der Waals surface area contributed by atoms with Crippen molar-refractivity contribution in [2.75, 3.05) is 12.4 Å². The molecule has 3 aliphatic carbocycles. The molecular weight excluding hydrogens is 681 g/mol. The van der Waals surface area contributed by atoms with Gasteiger partial charge in [0.15, 0.2) is 9.84 Å². The van der Waals surface area contributed by atoms with E-state index in [1.54, 1.807) is 30.3 Å². The fourth-order valence-corrected chi connectivity index (χ4v) is 8.28. The van der Waals surface area contributed by atoms with Crippen LogP contribution in [-0.4, -0.2) is 31.9 Å². The molecule has 3 aliphatic rings. The van der Waals surface area contributed by atoms with Gasteiger partial charge in [0, 0.05) is 16.5 Å². The largest absolute Gasteiger partial charge is 0.489 e. The monoisotopic (exact) mass is 713 g/mol. The number of hydrogen-bond acceptors (Lipinski definition) is 7. The summed E-state index contributed by atoms with van der Waals surface area (Å²) in [6.07, 6.45) is 3.89. The summed E-state index contributed by atoms with van der Waals surface area (Å²) in [7, 11) is -3.60. The minimum atomic E-state index is -3.60. The molecular formula is C36H34Cl3NO6S. The number of ether oxygens (including phenoxy) is 2. The molecule has 0 saturated heterocycles. The smallest absolute Gasteiger partial charge is 0.306 e. The van der Waals surface area contributed by atoms with Crippen molar-refractivity contribution < 1.29 is 27.2 Å². The Kier molecular flexibility index (Phi) is 9.07. The molecule has 4 atom stereocenters. The Balaban J connectivity index is 0.972. The molecule has 11 heteroatoms. The summed E-state index contributed by atoms with van der Waals surface area (Å²) >= 11 is 19.8.